The Kier molecular flexibility index (Phi) is 7.48. The summed E-state index contributed by atoms with van der Waals surface area (Å²) in [5.74, 6) is 1.41. The van der Waals surface area contributed by atoms with Crippen LogP contribution in [0.5, 0.6) is 0 Å². The van der Waals surface area contributed by atoms with Crippen LogP contribution in [0.1, 0.15) is 23.3 Å². The number of fused-ring (bicyclic) bond motifs is 1. The van der Waals surface area contributed by atoms with E-state index in [1.807, 2.05) is 26.8 Å². The molecule has 0 unspecified atom stereocenters. The van der Waals surface area contributed by atoms with E-state index in [4.69, 9.17) is 4.52 Å². The third-order valence-electron chi connectivity index (χ3n) is 6.79. The van der Waals surface area contributed by atoms with Crippen LogP contribution < -0.4 is 5.32 Å². The van der Waals surface area contributed by atoms with Crippen molar-refractivity contribution < 1.29 is 12.9 Å². The summed E-state index contributed by atoms with van der Waals surface area (Å²) in [6, 6.07) is 5.36. The summed E-state index contributed by atoms with van der Waals surface area (Å²) in [4.78, 5) is 17.9. The molecule has 0 amide bonds. The standard InChI is InChI=1S/C26H29N7O3S4/c1-15-11-20(36-31-15)21-5-6-22(39-21)40(34,35)33-9-7-32(8-10-33)12-16(2)29-26-25-23(27-14-28-26)19(13-37-25)24-17(3)30-18(4)38-24/h5-6,11,13-14,16H,7-10,12H2,1-4H3,(H,27,28,29)/t16-/m0/s1. The van der Waals surface area contributed by atoms with Crippen LogP contribution in [-0.2, 0) is 10.0 Å². The number of thiazole rings is 1. The van der Waals surface area contributed by atoms with Crippen molar-refractivity contribution >= 4 is 60.1 Å². The highest BCUT2D eigenvalue weighted by atomic mass is 32.2. The monoisotopic (exact) mass is 615 g/mol. The van der Waals surface area contributed by atoms with Gasteiger partial charge in [-0.1, -0.05) is 5.16 Å². The SMILES string of the molecule is Cc1cc(-c2ccc(S(=O)(=O)N3CCN(C[C@H](C)Nc4ncnc5c(-c6sc(C)nc6C)csc45)CC3)s2)on1. The largest absolute Gasteiger partial charge is 0.365 e. The van der Waals surface area contributed by atoms with Crippen molar-refractivity contribution in [2.24, 2.45) is 0 Å². The summed E-state index contributed by atoms with van der Waals surface area (Å²) in [5.41, 5.74) is 3.83. The van der Waals surface area contributed by atoms with Gasteiger partial charge in [-0.2, -0.15) is 4.31 Å². The predicted octanol–water partition coefficient (Wildman–Crippen LogP) is 5.26. The molecule has 5 aromatic heterocycles. The minimum Gasteiger partial charge on any atom is -0.365 e. The molecule has 1 fully saturated rings. The first-order valence-corrected chi connectivity index (χ1v) is 16.8. The van der Waals surface area contributed by atoms with Gasteiger partial charge in [0.15, 0.2) is 5.76 Å². The topological polar surface area (TPSA) is 117 Å². The molecule has 0 bridgehead atoms. The van der Waals surface area contributed by atoms with Gasteiger partial charge < -0.3 is 9.84 Å². The summed E-state index contributed by atoms with van der Waals surface area (Å²) in [6.45, 7) is 11.0. The van der Waals surface area contributed by atoms with E-state index in [1.165, 1.54) is 11.3 Å². The molecule has 0 saturated carbocycles. The molecule has 5 aromatic rings. The average Bonchev–Trinajstić information content (AvgIpc) is 3.71. The molecule has 10 nitrogen and oxygen atoms in total. The Bertz CT molecular complexity index is 1760. The van der Waals surface area contributed by atoms with E-state index in [0.717, 1.165) is 54.3 Å². The van der Waals surface area contributed by atoms with Crippen LogP contribution in [0.4, 0.5) is 5.82 Å². The van der Waals surface area contributed by atoms with E-state index in [1.54, 1.807) is 45.4 Å². The first-order chi connectivity index (χ1) is 19.2. The summed E-state index contributed by atoms with van der Waals surface area (Å²) in [6.07, 6.45) is 1.61. The minimum absolute atomic E-state index is 0.115. The lowest BCUT2D eigenvalue weighted by atomic mass is 10.2. The van der Waals surface area contributed by atoms with Crippen molar-refractivity contribution in [3.63, 3.8) is 0 Å². The van der Waals surface area contributed by atoms with Crippen LogP contribution in [0, 0.1) is 20.8 Å². The van der Waals surface area contributed by atoms with Crippen molar-refractivity contribution in [3.8, 4) is 21.1 Å². The predicted molar refractivity (Wildman–Crippen MR) is 161 cm³/mol. The van der Waals surface area contributed by atoms with E-state index in [9.17, 15) is 8.42 Å². The van der Waals surface area contributed by atoms with Crippen LogP contribution in [-0.4, -0.2) is 76.5 Å². The number of aromatic nitrogens is 4. The van der Waals surface area contributed by atoms with E-state index >= 15 is 0 Å². The van der Waals surface area contributed by atoms with Crippen molar-refractivity contribution in [2.45, 2.75) is 37.9 Å². The Labute approximate surface area is 244 Å². The highest BCUT2D eigenvalue weighted by Crippen LogP contribution is 2.39. The smallest absolute Gasteiger partial charge is 0.252 e. The third kappa shape index (κ3) is 5.31. The number of rotatable bonds is 8. The van der Waals surface area contributed by atoms with Crippen molar-refractivity contribution in [1.82, 2.24) is 29.3 Å². The number of thiophene rings is 2. The van der Waals surface area contributed by atoms with Gasteiger partial charge in [0, 0.05) is 55.8 Å². The molecular weight excluding hydrogens is 587 g/mol. The maximum absolute atomic E-state index is 13.3. The van der Waals surface area contributed by atoms with Crippen LogP contribution in [0.25, 0.3) is 31.3 Å². The molecule has 1 aliphatic rings. The number of nitrogens with zero attached hydrogens (tertiary/aromatic N) is 6. The lowest BCUT2D eigenvalue weighted by Gasteiger charge is -2.35. The first kappa shape index (κ1) is 27.4. The molecule has 6 rings (SSSR count). The highest BCUT2D eigenvalue weighted by Gasteiger charge is 2.30. The number of piperazine rings is 1. The molecule has 0 aromatic carbocycles. The first-order valence-electron chi connectivity index (χ1n) is 12.9. The fourth-order valence-corrected chi connectivity index (χ4v) is 9.72. The molecule has 210 valence electrons. The molecule has 0 aliphatic carbocycles. The van der Waals surface area contributed by atoms with Gasteiger partial charge in [0.25, 0.3) is 10.0 Å². The summed E-state index contributed by atoms with van der Waals surface area (Å²) >= 11 is 4.54. The number of aryl methyl sites for hydroxylation is 3. The lowest BCUT2D eigenvalue weighted by Crippen LogP contribution is -2.50. The van der Waals surface area contributed by atoms with Crippen molar-refractivity contribution in [3.05, 3.63) is 46.3 Å². The van der Waals surface area contributed by atoms with Gasteiger partial charge in [-0.25, -0.2) is 23.4 Å². The van der Waals surface area contributed by atoms with Crippen LogP contribution in [0.3, 0.4) is 0 Å². The second-order valence-electron chi connectivity index (χ2n) is 9.90. The van der Waals surface area contributed by atoms with E-state index in [-0.39, 0.29) is 6.04 Å². The molecule has 14 heteroatoms. The van der Waals surface area contributed by atoms with E-state index < -0.39 is 10.0 Å². The molecule has 0 spiro atoms. The summed E-state index contributed by atoms with van der Waals surface area (Å²) in [7, 11) is -3.56. The molecule has 1 atom stereocenters. The van der Waals surface area contributed by atoms with Gasteiger partial charge >= 0.3 is 0 Å². The van der Waals surface area contributed by atoms with Gasteiger partial charge in [0.2, 0.25) is 0 Å². The minimum atomic E-state index is -3.56. The van der Waals surface area contributed by atoms with Gasteiger partial charge in [-0.15, -0.1) is 34.0 Å². The highest BCUT2D eigenvalue weighted by molar-refractivity contribution is 7.91. The van der Waals surface area contributed by atoms with E-state index in [2.05, 4.69) is 42.6 Å². The lowest BCUT2D eigenvalue weighted by molar-refractivity contribution is 0.184. The zero-order valence-electron chi connectivity index (χ0n) is 22.5. The summed E-state index contributed by atoms with van der Waals surface area (Å²) < 4.78 is 34.8. The molecule has 0 radical (unpaired) electrons. The number of anilines is 1. The van der Waals surface area contributed by atoms with E-state index in [0.29, 0.717) is 36.1 Å². The fraction of sp³-hybridized carbons (Fsp3) is 0.385. The number of sulfonamides is 1. The molecule has 6 heterocycles. The second-order valence-corrected chi connectivity index (χ2v) is 15.2. The number of hydrogen-bond acceptors (Lipinski definition) is 12. The number of nitrogens with one attached hydrogen (secondary N) is 1. The molecular formula is C26H29N7O3S4. The van der Waals surface area contributed by atoms with Gasteiger partial charge in [-0.3, -0.25) is 4.90 Å². The van der Waals surface area contributed by atoms with Crippen molar-refractivity contribution in [1.29, 1.82) is 0 Å². The quantitative estimate of drug-likeness (QED) is 0.249. The Hall–Kier alpha value is -2.75. The molecule has 1 aliphatic heterocycles. The maximum atomic E-state index is 13.3. The third-order valence-corrected chi connectivity index (χ3v) is 12.3. The van der Waals surface area contributed by atoms with Crippen LogP contribution >= 0.6 is 34.0 Å². The second kappa shape index (κ2) is 10.9. The summed E-state index contributed by atoms with van der Waals surface area (Å²) in [5, 5.41) is 10.6. The Morgan fingerprint density at radius 2 is 1.90 bits per heavy atom. The molecule has 1 saturated heterocycles. The normalized spacial score (nSPS) is 16.1. The fourth-order valence-electron chi connectivity index (χ4n) is 4.91. The Balaban J connectivity index is 1.08. The number of hydrogen-bond donors (Lipinski definition) is 1. The average molecular weight is 616 g/mol. The molecule has 40 heavy (non-hydrogen) atoms. The van der Waals surface area contributed by atoms with Crippen LogP contribution in [0.2, 0.25) is 0 Å². The maximum Gasteiger partial charge on any atom is 0.252 e. The Morgan fingerprint density at radius 3 is 2.60 bits per heavy atom. The zero-order chi connectivity index (χ0) is 28.0. The van der Waals surface area contributed by atoms with Gasteiger partial charge in [0.05, 0.1) is 36.4 Å². The van der Waals surface area contributed by atoms with Crippen molar-refractivity contribution in [2.75, 3.05) is 38.0 Å². The van der Waals surface area contributed by atoms with Gasteiger partial charge in [-0.05, 0) is 39.8 Å². The zero-order valence-corrected chi connectivity index (χ0v) is 25.8. The van der Waals surface area contributed by atoms with Crippen LogP contribution in [0.15, 0.2) is 38.6 Å². The molecule has 1 N–H and O–H groups in total. The Morgan fingerprint density at radius 1 is 1.10 bits per heavy atom. The van der Waals surface area contributed by atoms with Gasteiger partial charge in [0.1, 0.15) is 16.4 Å².